The lowest BCUT2D eigenvalue weighted by Gasteiger charge is -2.15. The van der Waals surface area contributed by atoms with Gasteiger partial charge in [0.15, 0.2) is 11.4 Å². The molecular formula is C21H30N5O+. The molecule has 4 rings (SSSR count). The van der Waals surface area contributed by atoms with Crippen LogP contribution in [0, 0.1) is 0 Å². The molecule has 1 aliphatic rings. The monoisotopic (exact) mass is 368 g/mol. The van der Waals surface area contributed by atoms with Gasteiger partial charge in [-0.15, -0.1) is 0 Å². The molecule has 0 radical (unpaired) electrons. The molecule has 27 heavy (non-hydrogen) atoms. The van der Waals surface area contributed by atoms with E-state index in [2.05, 4.69) is 43.0 Å². The van der Waals surface area contributed by atoms with Crippen LogP contribution in [0.25, 0.3) is 22.2 Å². The van der Waals surface area contributed by atoms with Crippen LogP contribution in [-0.4, -0.2) is 41.1 Å². The normalized spacial score (nSPS) is 14.0. The van der Waals surface area contributed by atoms with Crippen molar-refractivity contribution in [3.63, 3.8) is 0 Å². The van der Waals surface area contributed by atoms with Crippen molar-refractivity contribution in [3.05, 3.63) is 23.1 Å². The molecular weight excluding hydrogens is 338 g/mol. The molecule has 6 heteroatoms. The molecule has 0 atom stereocenters. The highest BCUT2D eigenvalue weighted by Gasteiger charge is 2.26. The van der Waals surface area contributed by atoms with Crippen molar-refractivity contribution in [1.82, 2.24) is 15.0 Å². The maximum Gasteiger partial charge on any atom is 0.229 e. The van der Waals surface area contributed by atoms with Crippen LogP contribution in [-0.2, 0) is 12.8 Å². The van der Waals surface area contributed by atoms with Gasteiger partial charge in [-0.3, -0.25) is 0 Å². The highest BCUT2D eigenvalue weighted by Crippen LogP contribution is 2.39. The summed E-state index contributed by atoms with van der Waals surface area (Å²) in [4.78, 5) is 15.5. The molecule has 0 aliphatic heterocycles. The van der Waals surface area contributed by atoms with Gasteiger partial charge in [0.05, 0.1) is 37.3 Å². The molecule has 144 valence electrons. The Bertz CT molecular complexity index is 958. The second kappa shape index (κ2) is 7.43. The van der Waals surface area contributed by atoms with Crippen LogP contribution in [0.1, 0.15) is 56.9 Å². The summed E-state index contributed by atoms with van der Waals surface area (Å²) in [6.07, 6.45) is 5.02. The third kappa shape index (κ3) is 3.16. The number of nitrogens with zero attached hydrogens (tertiary/aromatic N) is 3. The number of rotatable bonds is 7. The number of aromatic nitrogens is 3. The standard InChI is InChI=1S/C21H29N5O/c1-5-26(6-2)11-10-22-20-19-18(23-12-24-20)16-14-8-7-9-15(14)17(13(3)4)25-21(16)27-19/h12-13H,5-11H2,1-4H3,(H,22,23,24)/p+1. The van der Waals surface area contributed by atoms with Crippen molar-refractivity contribution in [2.75, 3.05) is 31.5 Å². The van der Waals surface area contributed by atoms with Crippen LogP contribution in [0.5, 0.6) is 0 Å². The predicted octanol–water partition coefficient (Wildman–Crippen LogP) is 2.72. The maximum atomic E-state index is 6.20. The van der Waals surface area contributed by atoms with E-state index in [0.29, 0.717) is 11.6 Å². The maximum absolute atomic E-state index is 6.20. The molecule has 0 unspecified atom stereocenters. The predicted molar refractivity (Wildman–Crippen MR) is 109 cm³/mol. The first-order valence-corrected chi connectivity index (χ1v) is 10.3. The second-order valence-corrected chi connectivity index (χ2v) is 7.78. The van der Waals surface area contributed by atoms with E-state index >= 15 is 0 Å². The van der Waals surface area contributed by atoms with Crippen molar-refractivity contribution in [2.45, 2.75) is 52.9 Å². The summed E-state index contributed by atoms with van der Waals surface area (Å²) >= 11 is 0. The zero-order valence-electron chi connectivity index (χ0n) is 16.9. The SMILES string of the molecule is CC[NH+](CC)CCNc1ncnc2c1oc1nc(C(C)C)c3c(c12)CCC3. The van der Waals surface area contributed by atoms with Crippen LogP contribution >= 0.6 is 0 Å². The second-order valence-electron chi connectivity index (χ2n) is 7.78. The number of likely N-dealkylation sites (N-methyl/N-ethyl adjacent to an activating group) is 1. The quantitative estimate of drug-likeness (QED) is 0.671. The third-order valence-corrected chi connectivity index (χ3v) is 5.82. The average Bonchev–Trinajstić information content (AvgIpc) is 3.28. The summed E-state index contributed by atoms with van der Waals surface area (Å²) < 4.78 is 6.20. The fraction of sp³-hybridized carbons (Fsp3) is 0.571. The minimum absolute atomic E-state index is 0.398. The molecule has 0 spiro atoms. The van der Waals surface area contributed by atoms with E-state index in [9.17, 15) is 0 Å². The Kier molecular flexibility index (Phi) is 5.00. The lowest BCUT2D eigenvalue weighted by molar-refractivity contribution is -0.894. The number of hydrogen-bond donors (Lipinski definition) is 2. The molecule has 6 nitrogen and oxygen atoms in total. The van der Waals surface area contributed by atoms with Crippen molar-refractivity contribution >= 4 is 28.0 Å². The minimum Gasteiger partial charge on any atom is -0.432 e. The highest BCUT2D eigenvalue weighted by atomic mass is 16.3. The molecule has 0 bridgehead atoms. The largest absolute Gasteiger partial charge is 0.432 e. The van der Waals surface area contributed by atoms with Gasteiger partial charge in [-0.05, 0) is 50.2 Å². The van der Waals surface area contributed by atoms with E-state index in [0.717, 1.165) is 61.3 Å². The number of furan rings is 1. The summed E-state index contributed by atoms with van der Waals surface area (Å²) in [6.45, 7) is 13.0. The molecule has 0 saturated heterocycles. The van der Waals surface area contributed by atoms with Crippen molar-refractivity contribution < 1.29 is 9.32 Å². The fourth-order valence-corrected chi connectivity index (χ4v) is 4.29. The molecule has 3 heterocycles. The number of fused-ring (bicyclic) bond motifs is 5. The number of pyridine rings is 1. The Morgan fingerprint density at radius 1 is 1.15 bits per heavy atom. The van der Waals surface area contributed by atoms with Gasteiger partial charge in [-0.25, -0.2) is 15.0 Å². The first-order valence-electron chi connectivity index (χ1n) is 10.3. The Balaban J connectivity index is 1.76. The lowest BCUT2D eigenvalue weighted by atomic mass is 9.99. The summed E-state index contributed by atoms with van der Waals surface area (Å²) in [7, 11) is 0. The summed E-state index contributed by atoms with van der Waals surface area (Å²) in [6, 6.07) is 0. The molecule has 2 N–H and O–H groups in total. The molecule has 0 aromatic carbocycles. The van der Waals surface area contributed by atoms with E-state index in [4.69, 9.17) is 9.40 Å². The Hall–Kier alpha value is -2.21. The zero-order chi connectivity index (χ0) is 19.0. The van der Waals surface area contributed by atoms with Gasteiger partial charge in [0.25, 0.3) is 0 Å². The van der Waals surface area contributed by atoms with Crippen LogP contribution in [0.3, 0.4) is 0 Å². The smallest absolute Gasteiger partial charge is 0.229 e. The fourth-order valence-electron chi connectivity index (χ4n) is 4.29. The van der Waals surface area contributed by atoms with E-state index in [1.165, 1.54) is 23.2 Å². The van der Waals surface area contributed by atoms with E-state index < -0.39 is 0 Å². The average molecular weight is 369 g/mol. The number of nitrogens with one attached hydrogen (secondary N) is 2. The van der Waals surface area contributed by atoms with Gasteiger partial charge in [-0.1, -0.05) is 13.8 Å². The number of anilines is 1. The van der Waals surface area contributed by atoms with Gasteiger partial charge in [0.1, 0.15) is 11.8 Å². The number of hydrogen-bond acceptors (Lipinski definition) is 5. The first-order chi connectivity index (χ1) is 13.1. The number of quaternary nitrogens is 1. The summed E-state index contributed by atoms with van der Waals surface area (Å²) in [5, 5.41) is 4.56. The third-order valence-electron chi connectivity index (χ3n) is 5.82. The van der Waals surface area contributed by atoms with Crippen LogP contribution < -0.4 is 10.2 Å². The van der Waals surface area contributed by atoms with Gasteiger partial charge >= 0.3 is 0 Å². The van der Waals surface area contributed by atoms with Gasteiger partial charge in [0.2, 0.25) is 5.71 Å². The lowest BCUT2D eigenvalue weighted by Crippen LogP contribution is -3.12. The van der Waals surface area contributed by atoms with E-state index in [1.807, 2.05) is 0 Å². The topological polar surface area (TPSA) is 68.3 Å². The number of aryl methyl sites for hydroxylation is 1. The Morgan fingerprint density at radius 3 is 2.67 bits per heavy atom. The van der Waals surface area contributed by atoms with Crippen molar-refractivity contribution in [1.29, 1.82) is 0 Å². The van der Waals surface area contributed by atoms with Crippen LogP contribution in [0.15, 0.2) is 10.7 Å². The van der Waals surface area contributed by atoms with Gasteiger partial charge < -0.3 is 14.6 Å². The molecule has 0 amide bonds. The molecule has 1 aliphatic carbocycles. The molecule has 0 fully saturated rings. The van der Waals surface area contributed by atoms with Crippen LogP contribution in [0.4, 0.5) is 5.82 Å². The molecule has 0 saturated carbocycles. The van der Waals surface area contributed by atoms with E-state index in [-0.39, 0.29) is 0 Å². The first kappa shape index (κ1) is 18.2. The Morgan fingerprint density at radius 2 is 1.93 bits per heavy atom. The zero-order valence-corrected chi connectivity index (χ0v) is 16.9. The molecule has 3 aromatic rings. The minimum atomic E-state index is 0.398. The molecule has 3 aromatic heterocycles. The highest BCUT2D eigenvalue weighted by molar-refractivity contribution is 6.06. The van der Waals surface area contributed by atoms with Gasteiger partial charge in [-0.2, -0.15) is 0 Å². The Labute approximate surface area is 160 Å². The van der Waals surface area contributed by atoms with Crippen LogP contribution in [0.2, 0.25) is 0 Å². The van der Waals surface area contributed by atoms with Crippen molar-refractivity contribution in [3.8, 4) is 0 Å². The summed E-state index contributed by atoms with van der Waals surface area (Å²) in [5.74, 6) is 1.18. The van der Waals surface area contributed by atoms with Gasteiger partial charge in [0, 0.05) is 0 Å². The summed E-state index contributed by atoms with van der Waals surface area (Å²) in [5.41, 5.74) is 6.34. The van der Waals surface area contributed by atoms with Crippen molar-refractivity contribution in [2.24, 2.45) is 0 Å². The van der Waals surface area contributed by atoms with E-state index in [1.54, 1.807) is 11.2 Å².